The van der Waals surface area contributed by atoms with Crippen molar-refractivity contribution in [3.05, 3.63) is 0 Å². The predicted molar refractivity (Wildman–Crippen MR) is 49.7 cm³/mol. The van der Waals surface area contributed by atoms with Gasteiger partial charge in [0.05, 0.1) is 12.6 Å². The summed E-state index contributed by atoms with van der Waals surface area (Å²) in [5, 5.41) is 0. The maximum atomic E-state index is 12.2. The molecule has 0 aromatic rings. The minimum atomic E-state index is -4.33. The van der Waals surface area contributed by atoms with Gasteiger partial charge in [-0.15, -0.1) is 0 Å². The zero-order chi connectivity index (χ0) is 12.2. The largest absolute Gasteiger partial charge is 0.401 e. The molecule has 0 radical (unpaired) electrons. The van der Waals surface area contributed by atoms with Gasteiger partial charge in [0.1, 0.15) is 0 Å². The van der Waals surface area contributed by atoms with Crippen molar-refractivity contribution in [3.8, 4) is 0 Å². The van der Waals surface area contributed by atoms with Gasteiger partial charge in [-0.1, -0.05) is 0 Å². The molecule has 90 valence electrons. The van der Waals surface area contributed by atoms with Crippen LogP contribution >= 0.6 is 0 Å². The van der Waals surface area contributed by atoms with Crippen LogP contribution in [0.3, 0.4) is 0 Å². The highest BCUT2D eigenvalue weighted by Crippen LogP contribution is 2.19. The Bertz CT molecular complexity index is 218. The first-order valence-electron chi connectivity index (χ1n) is 4.52. The van der Waals surface area contributed by atoms with Crippen molar-refractivity contribution in [2.45, 2.75) is 39.0 Å². The number of alkyl halides is 3. The average Bonchev–Trinajstić information content (AvgIpc) is 2.10. The Balaban J connectivity index is 4.60. The summed E-state index contributed by atoms with van der Waals surface area (Å²) >= 11 is 0. The number of rotatable bonds is 4. The van der Waals surface area contributed by atoms with E-state index in [2.05, 4.69) is 0 Å². The second-order valence-corrected chi connectivity index (χ2v) is 3.57. The molecule has 0 heterocycles. The van der Waals surface area contributed by atoms with Gasteiger partial charge < -0.3 is 0 Å². The van der Waals surface area contributed by atoms with Crippen LogP contribution in [0.1, 0.15) is 20.8 Å². The van der Waals surface area contributed by atoms with Crippen LogP contribution in [0.15, 0.2) is 0 Å². The molecule has 1 amide bonds. The van der Waals surface area contributed by atoms with Crippen LogP contribution in [-0.2, 0) is 4.79 Å². The number of carbonyl (C=O) groups is 1. The van der Waals surface area contributed by atoms with Crippen LogP contribution < -0.4 is 11.3 Å². The quantitative estimate of drug-likeness (QED) is 0.421. The monoisotopic (exact) mass is 227 g/mol. The van der Waals surface area contributed by atoms with Crippen LogP contribution in [0.2, 0.25) is 0 Å². The Labute approximate surface area is 86.6 Å². The summed E-state index contributed by atoms with van der Waals surface area (Å²) in [6.45, 7) is 3.44. The Morgan fingerprint density at radius 3 is 2.13 bits per heavy atom. The lowest BCUT2D eigenvalue weighted by Crippen LogP contribution is -2.52. The van der Waals surface area contributed by atoms with E-state index in [-0.39, 0.29) is 6.04 Å². The lowest BCUT2D eigenvalue weighted by atomic mass is 10.2. The van der Waals surface area contributed by atoms with E-state index in [4.69, 9.17) is 5.84 Å². The van der Waals surface area contributed by atoms with Crippen molar-refractivity contribution < 1.29 is 18.0 Å². The number of hydrogen-bond acceptors (Lipinski definition) is 3. The third kappa shape index (κ3) is 4.98. The molecule has 0 aromatic heterocycles. The van der Waals surface area contributed by atoms with Gasteiger partial charge in [0.2, 0.25) is 0 Å². The highest BCUT2D eigenvalue weighted by molar-refractivity contribution is 5.80. The van der Waals surface area contributed by atoms with Crippen molar-refractivity contribution >= 4 is 5.91 Å². The summed E-state index contributed by atoms with van der Waals surface area (Å²) in [4.78, 5) is 12.1. The molecule has 3 N–H and O–H groups in total. The highest BCUT2D eigenvalue weighted by atomic mass is 19.4. The number of amides is 1. The zero-order valence-corrected chi connectivity index (χ0v) is 8.93. The number of halogens is 3. The van der Waals surface area contributed by atoms with Crippen LogP contribution in [0, 0.1) is 0 Å². The van der Waals surface area contributed by atoms with E-state index in [1.54, 1.807) is 13.8 Å². The molecule has 0 rings (SSSR count). The number of nitrogens with one attached hydrogen (secondary N) is 1. The van der Waals surface area contributed by atoms with Gasteiger partial charge in [0.15, 0.2) is 0 Å². The first kappa shape index (κ1) is 14.2. The van der Waals surface area contributed by atoms with E-state index >= 15 is 0 Å². The Kier molecular flexibility index (Phi) is 5.02. The lowest BCUT2D eigenvalue weighted by Gasteiger charge is -2.31. The first-order valence-corrected chi connectivity index (χ1v) is 4.52. The number of nitrogens with two attached hydrogens (primary N) is 1. The summed E-state index contributed by atoms with van der Waals surface area (Å²) in [6, 6.07) is -1.30. The molecule has 0 aliphatic heterocycles. The van der Waals surface area contributed by atoms with Gasteiger partial charge >= 0.3 is 6.18 Å². The fraction of sp³-hybridized carbons (Fsp3) is 0.875. The van der Waals surface area contributed by atoms with Crippen molar-refractivity contribution in [2.75, 3.05) is 6.54 Å². The highest BCUT2D eigenvalue weighted by Gasteiger charge is 2.35. The molecule has 4 nitrogen and oxygen atoms in total. The third-order valence-electron chi connectivity index (χ3n) is 2.04. The fourth-order valence-electron chi connectivity index (χ4n) is 1.24. The molecule has 0 saturated heterocycles. The summed E-state index contributed by atoms with van der Waals surface area (Å²) in [7, 11) is 0. The number of nitrogens with zero attached hydrogens (tertiary/aromatic N) is 1. The van der Waals surface area contributed by atoms with Gasteiger partial charge in [-0.25, -0.2) is 5.84 Å². The first-order chi connectivity index (χ1) is 6.69. The van der Waals surface area contributed by atoms with Crippen LogP contribution in [0.5, 0.6) is 0 Å². The fourth-order valence-corrected chi connectivity index (χ4v) is 1.24. The molecular weight excluding hydrogens is 211 g/mol. The third-order valence-corrected chi connectivity index (χ3v) is 2.04. The van der Waals surface area contributed by atoms with Gasteiger partial charge in [0.25, 0.3) is 5.91 Å². The minimum absolute atomic E-state index is 0.390. The van der Waals surface area contributed by atoms with E-state index in [1.165, 1.54) is 6.92 Å². The van der Waals surface area contributed by atoms with Crippen molar-refractivity contribution in [1.29, 1.82) is 0 Å². The van der Waals surface area contributed by atoms with Gasteiger partial charge in [-0.2, -0.15) is 13.2 Å². The maximum Gasteiger partial charge on any atom is 0.401 e. The van der Waals surface area contributed by atoms with Gasteiger partial charge in [0, 0.05) is 6.04 Å². The Hall–Kier alpha value is -0.820. The molecule has 0 aliphatic rings. The van der Waals surface area contributed by atoms with E-state index < -0.39 is 24.7 Å². The standard InChI is InChI=1S/C8H16F3N3O/c1-5(2)14(4-8(9,10)11)6(3)7(15)13-12/h5-6H,4,12H2,1-3H3,(H,13,15). The molecule has 0 spiro atoms. The zero-order valence-electron chi connectivity index (χ0n) is 8.93. The van der Waals surface area contributed by atoms with Crippen molar-refractivity contribution in [3.63, 3.8) is 0 Å². The molecule has 7 heteroatoms. The molecule has 0 aliphatic carbocycles. The van der Waals surface area contributed by atoms with E-state index in [1.807, 2.05) is 5.43 Å². The average molecular weight is 227 g/mol. The summed E-state index contributed by atoms with van der Waals surface area (Å²) in [6.07, 6.45) is -4.33. The molecule has 0 saturated carbocycles. The van der Waals surface area contributed by atoms with Crippen molar-refractivity contribution in [2.24, 2.45) is 5.84 Å². The number of hydrazine groups is 1. The minimum Gasteiger partial charge on any atom is -0.293 e. The number of carbonyl (C=O) groups excluding carboxylic acids is 1. The molecule has 0 aromatic carbocycles. The smallest absolute Gasteiger partial charge is 0.293 e. The molecule has 1 atom stereocenters. The summed E-state index contributed by atoms with van der Waals surface area (Å²) in [5.41, 5.74) is 1.84. The van der Waals surface area contributed by atoms with Crippen molar-refractivity contribution in [1.82, 2.24) is 10.3 Å². The van der Waals surface area contributed by atoms with Crippen LogP contribution in [0.4, 0.5) is 13.2 Å². The molecule has 15 heavy (non-hydrogen) atoms. The second-order valence-electron chi connectivity index (χ2n) is 3.57. The maximum absolute atomic E-state index is 12.2. The SMILES string of the molecule is CC(C)N(CC(F)(F)F)C(C)C(=O)NN. The topological polar surface area (TPSA) is 58.4 Å². The predicted octanol–water partition coefficient (Wildman–Crippen LogP) is 0.638. The van der Waals surface area contributed by atoms with Crippen LogP contribution in [0.25, 0.3) is 0 Å². The normalized spacial score (nSPS) is 14.5. The summed E-state index contributed by atoms with van der Waals surface area (Å²) in [5.74, 6) is 4.24. The lowest BCUT2D eigenvalue weighted by molar-refractivity contribution is -0.158. The van der Waals surface area contributed by atoms with Crippen LogP contribution in [-0.4, -0.2) is 35.6 Å². The van der Waals surface area contributed by atoms with Gasteiger partial charge in [-0.3, -0.25) is 15.1 Å². The van der Waals surface area contributed by atoms with Gasteiger partial charge in [-0.05, 0) is 20.8 Å². The molecule has 0 bridgehead atoms. The van der Waals surface area contributed by atoms with E-state index in [0.717, 1.165) is 4.90 Å². The molecule has 0 fully saturated rings. The summed E-state index contributed by atoms with van der Waals surface area (Å²) < 4.78 is 36.6. The number of hydrogen-bond donors (Lipinski definition) is 2. The Morgan fingerprint density at radius 2 is 1.87 bits per heavy atom. The second kappa shape index (κ2) is 5.32. The van der Waals surface area contributed by atoms with E-state index in [0.29, 0.717) is 0 Å². The molecule has 1 unspecified atom stereocenters. The van der Waals surface area contributed by atoms with E-state index in [9.17, 15) is 18.0 Å². The molecular formula is C8H16F3N3O. The Morgan fingerprint density at radius 1 is 1.40 bits per heavy atom.